The first-order valence-electron chi connectivity index (χ1n) is 3.46. The second-order valence-corrected chi connectivity index (χ2v) is 3.96. The predicted molar refractivity (Wildman–Crippen MR) is 58.5 cm³/mol. The summed E-state index contributed by atoms with van der Waals surface area (Å²) in [5, 5.41) is 8.42. The molecular weight excluding hydrogens is 300 g/mol. The molecule has 1 aromatic rings. The Bertz CT molecular complexity index is 359. The SMILES string of the molecule is O=C(O)C=Cc1cccc(Br)c1Br. The van der Waals surface area contributed by atoms with Crippen LogP contribution in [0.2, 0.25) is 0 Å². The standard InChI is InChI=1S/C9H6Br2O2/c10-7-3-1-2-6(9(7)11)4-5-8(12)13/h1-5H,(H,12,13). The maximum Gasteiger partial charge on any atom is 0.328 e. The summed E-state index contributed by atoms with van der Waals surface area (Å²) in [6, 6.07) is 5.55. The lowest BCUT2D eigenvalue weighted by Gasteiger charge is -1.99. The summed E-state index contributed by atoms with van der Waals surface area (Å²) >= 11 is 6.66. The predicted octanol–water partition coefficient (Wildman–Crippen LogP) is 3.31. The summed E-state index contributed by atoms with van der Waals surface area (Å²) < 4.78 is 1.76. The minimum atomic E-state index is -0.952. The Kier molecular flexibility index (Phi) is 3.69. The number of carbonyl (C=O) groups is 1. The second kappa shape index (κ2) is 4.58. The van der Waals surface area contributed by atoms with Crippen LogP contribution >= 0.6 is 31.9 Å². The van der Waals surface area contributed by atoms with Crippen LogP contribution < -0.4 is 0 Å². The highest BCUT2D eigenvalue weighted by Gasteiger charge is 1.99. The highest BCUT2D eigenvalue weighted by atomic mass is 79.9. The van der Waals surface area contributed by atoms with Crippen LogP contribution in [-0.2, 0) is 4.79 Å². The first-order valence-corrected chi connectivity index (χ1v) is 5.05. The summed E-state index contributed by atoms with van der Waals surface area (Å²) in [6.45, 7) is 0. The van der Waals surface area contributed by atoms with Gasteiger partial charge in [0.2, 0.25) is 0 Å². The van der Waals surface area contributed by atoms with Crippen molar-refractivity contribution in [3.63, 3.8) is 0 Å². The van der Waals surface area contributed by atoms with Crippen molar-refractivity contribution in [2.45, 2.75) is 0 Å². The highest BCUT2D eigenvalue weighted by molar-refractivity contribution is 9.13. The third kappa shape index (κ3) is 2.97. The van der Waals surface area contributed by atoms with Crippen LogP contribution in [0, 0.1) is 0 Å². The Balaban J connectivity index is 3.02. The van der Waals surface area contributed by atoms with Gasteiger partial charge in [-0.2, -0.15) is 0 Å². The van der Waals surface area contributed by atoms with Crippen LogP contribution in [0.25, 0.3) is 6.08 Å². The van der Waals surface area contributed by atoms with Crippen molar-refractivity contribution in [1.29, 1.82) is 0 Å². The number of halogens is 2. The number of hydrogen-bond acceptors (Lipinski definition) is 1. The van der Waals surface area contributed by atoms with Gasteiger partial charge in [0, 0.05) is 15.0 Å². The van der Waals surface area contributed by atoms with E-state index in [0.29, 0.717) is 0 Å². The molecule has 0 spiro atoms. The number of carboxylic acid groups (broad SMARTS) is 1. The molecule has 0 fully saturated rings. The van der Waals surface area contributed by atoms with Crippen LogP contribution in [0.5, 0.6) is 0 Å². The summed E-state index contributed by atoms with van der Waals surface area (Å²) in [7, 11) is 0. The summed E-state index contributed by atoms with van der Waals surface area (Å²) in [5.41, 5.74) is 0.830. The molecule has 0 atom stereocenters. The molecule has 1 N–H and O–H groups in total. The van der Waals surface area contributed by atoms with Gasteiger partial charge in [-0.05, 0) is 49.6 Å². The Morgan fingerprint density at radius 1 is 1.38 bits per heavy atom. The van der Waals surface area contributed by atoms with Crippen LogP contribution in [0.15, 0.2) is 33.2 Å². The van der Waals surface area contributed by atoms with E-state index in [1.165, 1.54) is 6.08 Å². The number of hydrogen-bond donors (Lipinski definition) is 1. The van der Waals surface area contributed by atoms with Crippen molar-refractivity contribution in [2.75, 3.05) is 0 Å². The number of benzene rings is 1. The fraction of sp³-hybridized carbons (Fsp3) is 0. The van der Waals surface area contributed by atoms with Crippen molar-refractivity contribution < 1.29 is 9.90 Å². The zero-order valence-corrected chi connectivity index (χ0v) is 9.67. The highest BCUT2D eigenvalue weighted by Crippen LogP contribution is 2.27. The van der Waals surface area contributed by atoms with E-state index in [1.54, 1.807) is 0 Å². The zero-order chi connectivity index (χ0) is 9.84. The molecule has 0 aromatic heterocycles. The van der Waals surface area contributed by atoms with E-state index < -0.39 is 5.97 Å². The van der Waals surface area contributed by atoms with Crippen molar-refractivity contribution in [3.05, 3.63) is 38.8 Å². The molecule has 0 aliphatic carbocycles. The van der Waals surface area contributed by atoms with Crippen molar-refractivity contribution in [1.82, 2.24) is 0 Å². The van der Waals surface area contributed by atoms with Gasteiger partial charge >= 0.3 is 5.97 Å². The molecule has 0 bridgehead atoms. The average Bonchev–Trinajstić information content (AvgIpc) is 2.07. The van der Waals surface area contributed by atoms with Gasteiger partial charge in [-0.1, -0.05) is 12.1 Å². The van der Waals surface area contributed by atoms with Gasteiger partial charge in [0.05, 0.1) is 0 Å². The lowest BCUT2D eigenvalue weighted by molar-refractivity contribution is -0.131. The van der Waals surface area contributed by atoms with Crippen LogP contribution in [0.1, 0.15) is 5.56 Å². The minimum Gasteiger partial charge on any atom is -0.478 e. The molecule has 0 aliphatic heterocycles. The monoisotopic (exact) mass is 304 g/mol. The number of aliphatic carboxylic acids is 1. The summed E-state index contributed by atoms with van der Waals surface area (Å²) in [5.74, 6) is -0.952. The lowest BCUT2D eigenvalue weighted by Crippen LogP contribution is -1.86. The Morgan fingerprint density at radius 3 is 2.69 bits per heavy atom. The first kappa shape index (κ1) is 10.5. The van der Waals surface area contributed by atoms with Gasteiger partial charge in [-0.15, -0.1) is 0 Å². The summed E-state index contributed by atoms with van der Waals surface area (Å²) in [4.78, 5) is 10.3. The normalized spacial score (nSPS) is 10.6. The topological polar surface area (TPSA) is 37.3 Å². The molecule has 0 radical (unpaired) electrons. The van der Waals surface area contributed by atoms with E-state index in [1.807, 2.05) is 18.2 Å². The first-order chi connectivity index (χ1) is 6.11. The van der Waals surface area contributed by atoms with E-state index in [2.05, 4.69) is 31.9 Å². The third-order valence-corrected chi connectivity index (χ3v) is 3.46. The molecule has 13 heavy (non-hydrogen) atoms. The molecule has 0 saturated heterocycles. The van der Waals surface area contributed by atoms with Gasteiger partial charge < -0.3 is 5.11 Å². The maximum absolute atomic E-state index is 10.3. The molecule has 0 heterocycles. The molecular formula is C9H6Br2O2. The lowest BCUT2D eigenvalue weighted by atomic mass is 10.2. The zero-order valence-electron chi connectivity index (χ0n) is 6.50. The molecule has 0 saturated carbocycles. The van der Waals surface area contributed by atoms with Crippen LogP contribution in [0.4, 0.5) is 0 Å². The van der Waals surface area contributed by atoms with Crippen LogP contribution in [0.3, 0.4) is 0 Å². The van der Waals surface area contributed by atoms with E-state index in [0.717, 1.165) is 20.6 Å². The molecule has 4 heteroatoms. The fourth-order valence-corrected chi connectivity index (χ4v) is 1.59. The average molecular weight is 306 g/mol. The maximum atomic E-state index is 10.3. The van der Waals surface area contributed by atoms with Gasteiger partial charge in [-0.3, -0.25) is 0 Å². The van der Waals surface area contributed by atoms with Gasteiger partial charge in [0.15, 0.2) is 0 Å². The molecule has 1 rings (SSSR count). The molecule has 0 amide bonds. The summed E-state index contributed by atoms with van der Waals surface area (Å²) in [6.07, 6.45) is 2.64. The quantitative estimate of drug-likeness (QED) is 0.851. The second-order valence-electron chi connectivity index (χ2n) is 2.31. The van der Waals surface area contributed by atoms with Crippen LogP contribution in [-0.4, -0.2) is 11.1 Å². The fourth-order valence-electron chi connectivity index (χ4n) is 0.810. The Labute approximate surface area is 92.5 Å². The van der Waals surface area contributed by atoms with E-state index in [9.17, 15) is 4.79 Å². The molecule has 0 unspecified atom stereocenters. The van der Waals surface area contributed by atoms with Crippen molar-refractivity contribution in [2.24, 2.45) is 0 Å². The minimum absolute atomic E-state index is 0.830. The molecule has 1 aromatic carbocycles. The third-order valence-electron chi connectivity index (χ3n) is 1.39. The molecule has 2 nitrogen and oxygen atoms in total. The number of rotatable bonds is 2. The Morgan fingerprint density at radius 2 is 2.08 bits per heavy atom. The molecule has 68 valence electrons. The van der Waals surface area contributed by atoms with Gasteiger partial charge in [0.25, 0.3) is 0 Å². The van der Waals surface area contributed by atoms with Gasteiger partial charge in [-0.25, -0.2) is 4.79 Å². The van der Waals surface area contributed by atoms with E-state index in [4.69, 9.17) is 5.11 Å². The Hall–Kier alpha value is -0.610. The number of carboxylic acids is 1. The van der Waals surface area contributed by atoms with Gasteiger partial charge in [0.1, 0.15) is 0 Å². The van der Waals surface area contributed by atoms with E-state index >= 15 is 0 Å². The van der Waals surface area contributed by atoms with Crippen molar-refractivity contribution in [3.8, 4) is 0 Å². The largest absolute Gasteiger partial charge is 0.478 e. The molecule has 0 aliphatic rings. The van der Waals surface area contributed by atoms with E-state index in [-0.39, 0.29) is 0 Å². The smallest absolute Gasteiger partial charge is 0.328 e. The van der Waals surface area contributed by atoms with Crippen molar-refractivity contribution >= 4 is 43.9 Å².